The van der Waals surface area contributed by atoms with Gasteiger partial charge >= 0.3 is 0 Å². The zero-order chi connectivity index (χ0) is 19.7. The van der Waals surface area contributed by atoms with Crippen molar-refractivity contribution in [2.75, 3.05) is 19.6 Å². The predicted molar refractivity (Wildman–Crippen MR) is 105 cm³/mol. The fraction of sp³-hybridized carbons (Fsp3) is 0.450. The highest BCUT2D eigenvalue weighted by atomic mass is 16.3. The summed E-state index contributed by atoms with van der Waals surface area (Å²) in [6, 6.07) is 3.76. The van der Waals surface area contributed by atoms with Crippen LogP contribution in [0.4, 0.5) is 0 Å². The first kappa shape index (κ1) is 18.6. The number of nitrogens with one attached hydrogen (secondary N) is 2. The van der Waals surface area contributed by atoms with Crippen LogP contribution in [0, 0.1) is 6.92 Å². The molecule has 1 amide bonds. The number of aryl methyl sites for hydroxylation is 1. The van der Waals surface area contributed by atoms with Crippen LogP contribution >= 0.6 is 0 Å². The number of hydrogen-bond acceptors (Lipinski definition) is 6. The topological polar surface area (TPSA) is 87.7 Å². The molecule has 0 radical (unpaired) electrons. The number of pyridine rings is 1. The van der Waals surface area contributed by atoms with Crippen LogP contribution in [0.1, 0.15) is 31.1 Å². The molecule has 0 aliphatic carbocycles. The van der Waals surface area contributed by atoms with Gasteiger partial charge in [-0.05, 0) is 32.4 Å². The quantitative estimate of drug-likeness (QED) is 0.695. The summed E-state index contributed by atoms with van der Waals surface area (Å²) >= 11 is 0. The van der Waals surface area contributed by atoms with Crippen LogP contribution in [0.3, 0.4) is 0 Å². The second-order valence-corrected chi connectivity index (χ2v) is 7.81. The molecule has 0 saturated carbocycles. The van der Waals surface area contributed by atoms with Gasteiger partial charge in [0.1, 0.15) is 12.1 Å². The highest BCUT2D eigenvalue weighted by Crippen LogP contribution is 2.22. The maximum atomic E-state index is 13.0. The van der Waals surface area contributed by atoms with E-state index >= 15 is 0 Å². The molecular formula is C20H26N6O2. The molecule has 1 aliphatic rings. The molecule has 1 fully saturated rings. The van der Waals surface area contributed by atoms with Gasteiger partial charge in [-0.2, -0.15) is 0 Å². The van der Waals surface area contributed by atoms with E-state index in [1.807, 2.05) is 36.7 Å². The summed E-state index contributed by atoms with van der Waals surface area (Å²) in [5, 5.41) is 6.48. The predicted octanol–water partition coefficient (Wildman–Crippen LogP) is 1.46. The normalized spacial score (nSPS) is 18.5. The second kappa shape index (κ2) is 7.37. The lowest BCUT2D eigenvalue weighted by molar-refractivity contribution is -0.126. The SMILES string of the molecule is Cc1cccn2c(C(C)(C)NC(=O)[C@@H]3CN(Cc4ncco4)CCN3)ncc12. The van der Waals surface area contributed by atoms with E-state index in [4.69, 9.17) is 4.42 Å². The average molecular weight is 382 g/mol. The standard InChI is InChI=1S/C20H26N6O2/c1-14-5-4-8-26-16(14)11-23-19(26)20(2,3)24-18(27)15-12-25(9-6-21-15)13-17-22-7-10-28-17/h4-5,7-8,10-11,15,21H,6,9,12-13H2,1-3H3,(H,24,27)/t15-/m0/s1. The van der Waals surface area contributed by atoms with Gasteiger partial charge in [0.05, 0.1) is 36.0 Å². The molecule has 8 heteroatoms. The van der Waals surface area contributed by atoms with Gasteiger partial charge in [-0.15, -0.1) is 0 Å². The number of rotatable bonds is 5. The van der Waals surface area contributed by atoms with E-state index < -0.39 is 5.54 Å². The maximum absolute atomic E-state index is 13.0. The molecule has 1 aliphatic heterocycles. The summed E-state index contributed by atoms with van der Waals surface area (Å²) in [7, 11) is 0. The van der Waals surface area contributed by atoms with Gasteiger partial charge in [-0.25, -0.2) is 9.97 Å². The lowest BCUT2D eigenvalue weighted by atomic mass is 10.0. The summed E-state index contributed by atoms with van der Waals surface area (Å²) in [4.78, 5) is 23.9. The van der Waals surface area contributed by atoms with Crippen LogP contribution in [-0.2, 0) is 16.9 Å². The van der Waals surface area contributed by atoms with Gasteiger partial charge in [-0.3, -0.25) is 9.69 Å². The van der Waals surface area contributed by atoms with E-state index in [-0.39, 0.29) is 11.9 Å². The van der Waals surface area contributed by atoms with Gasteiger partial charge in [0.15, 0.2) is 0 Å². The molecule has 8 nitrogen and oxygen atoms in total. The van der Waals surface area contributed by atoms with E-state index in [1.54, 1.807) is 12.5 Å². The molecular weight excluding hydrogens is 356 g/mol. The number of carbonyl (C=O) groups excluding carboxylic acids is 1. The highest BCUT2D eigenvalue weighted by Gasteiger charge is 2.33. The zero-order valence-corrected chi connectivity index (χ0v) is 16.5. The summed E-state index contributed by atoms with van der Waals surface area (Å²) in [5.74, 6) is 1.44. The Labute approximate surface area is 164 Å². The van der Waals surface area contributed by atoms with Crippen LogP contribution in [-0.4, -0.2) is 50.9 Å². The number of carbonyl (C=O) groups is 1. The third-order valence-electron chi connectivity index (χ3n) is 5.20. The van der Waals surface area contributed by atoms with E-state index in [0.29, 0.717) is 19.0 Å². The molecule has 4 rings (SSSR count). The van der Waals surface area contributed by atoms with Crippen molar-refractivity contribution in [2.24, 2.45) is 0 Å². The van der Waals surface area contributed by atoms with Crippen LogP contribution in [0.25, 0.3) is 5.52 Å². The molecule has 148 valence electrons. The molecule has 1 atom stereocenters. The lowest BCUT2D eigenvalue weighted by Gasteiger charge is -2.34. The number of amides is 1. The Bertz CT molecular complexity index is 962. The largest absolute Gasteiger partial charge is 0.448 e. The third-order valence-corrected chi connectivity index (χ3v) is 5.20. The minimum atomic E-state index is -0.607. The Morgan fingerprint density at radius 3 is 3.07 bits per heavy atom. The number of oxazole rings is 1. The number of aromatic nitrogens is 3. The molecule has 4 heterocycles. The van der Waals surface area contributed by atoms with Crippen molar-refractivity contribution in [2.45, 2.75) is 38.9 Å². The molecule has 0 unspecified atom stereocenters. The van der Waals surface area contributed by atoms with E-state index in [9.17, 15) is 4.79 Å². The van der Waals surface area contributed by atoms with E-state index in [0.717, 1.165) is 30.0 Å². The number of nitrogens with zero attached hydrogens (tertiary/aromatic N) is 4. The zero-order valence-electron chi connectivity index (χ0n) is 16.5. The van der Waals surface area contributed by atoms with Gasteiger partial charge in [-0.1, -0.05) is 6.07 Å². The fourth-order valence-electron chi connectivity index (χ4n) is 3.73. The first-order chi connectivity index (χ1) is 13.4. The Balaban J connectivity index is 1.46. The monoisotopic (exact) mass is 382 g/mol. The summed E-state index contributed by atoms with van der Waals surface area (Å²) in [6.45, 7) is 8.81. The van der Waals surface area contributed by atoms with Crippen LogP contribution in [0.15, 0.2) is 41.4 Å². The number of hydrogen-bond donors (Lipinski definition) is 2. The number of fused-ring (bicyclic) bond motifs is 1. The molecule has 1 saturated heterocycles. The molecule has 2 N–H and O–H groups in total. The van der Waals surface area contributed by atoms with Crippen molar-refractivity contribution >= 4 is 11.4 Å². The number of piperazine rings is 1. The van der Waals surface area contributed by atoms with Crippen molar-refractivity contribution in [1.29, 1.82) is 0 Å². The average Bonchev–Trinajstić information content (AvgIpc) is 3.32. The van der Waals surface area contributed by atoms with Gasteiger partial charge in [0.2, 0.25) is 11.8 Å². The van der Waals surface area contributed by atoms with Crippen molar-refractivity contribution in [3.63, 3.8) is 0 Å². The third kappa shape index (κ3) is 3.65. The summed E-state index contributed by atoms with van der Waals surface area (Å²) in [6.07, 6.45) is 7.05. The minimum absolute atomic E-state index is 0.0356. The van der Waals surface area contributed by atoms with E-state index in [2.05, 4.69) is 38.5 Å². The molecule has 3 aromatic heterocycles. The van der Waals surface area contributed by atoms with E-state index in [1.165, 1.54) is 0 Å². The minimum Gasteiger partial charge on any atom is -0.448 e. The summed E-state index contributed by atoms with van der Waals surface area (Å²) in [5.41, 5.74) is 1.59. The first-order valence-corrected chi connectivity index (χ1v) is 9.53. The van der Waals surface area contributed by atoms with Crippen LogP contribution in [0.5, 0.6) is 0 Å². The Morgan fingerprint density at radius 2 is 2.29 bits per heavy atom. The second-order valence-electron chi connectivity index (χ2n) is 7.81. The first-order valence-electron chi connectivity index (χ1n) is 9.53. The molecule has 3 aromatic rings. The van der Waals surface area contributed by atoms with Crippen molar-refractivity contribution in [3.8, 4) is 0 Å². The summed E-state index contributed by atoms with van der Waals surface area (Å²) < 4.78 is 7.37. The fourth-order valence-corrected chi connectivity index (χ4v) is 3.73. The molecule has 0 aromatic carbocycles. The molecule has 28 heavy (non-hydrogen) atoms. The van der Waals surface area contributed by atoms with Crippen molar-refractivity contribution < 1.29 is 9.21 Å². The van der Waals surface area contributed by atoms with Crippen LogP contribution < -0.4 is 10.6 Å². The molecule has 0 bridgehead atoms. The van der Waals surface area contributed by atoms with Crippen molar-refractivity contribution in [3.05, 3.63) is 54.3 Å². The lowest BCUT2D eigenvalue weighted by Crippen LogP contribution is -2.59. The Hall–Kier alpha value is -2.71. The van der Waals surface area contributed by atoms with Crippen LogP contribution in [0.2, 0.25) is 0 Å². The Kier molecular flexibility index (Phi) is 4.91. The van der Waals surface area contributed by atoms with Gasteiger partial charge in [0.25, 0.3) is 0 Å². The van der Waals surface area contributed by atoms with Crippen molar-refractivity contribution in [1.82, 2.24) is 29.9 Å². The smallest absolute Gasteiger partial charge is 0.239 e. The maximum Gasteiger partial charge on any atom is 0.239 e. The number of imidazole rings is 1. The molecule has 0 spiro atoms. The Morgan fingerprint density at radius 1 is 1.43 bits per heavy atom. The van der Waals surface area contributed by atoms with Gasteiger partial charge in [0, 0.05) is 25.8 Å². The van der Waals surface area contributed by atoms with Gasteiger partial charge < -0.3 is 19.5 Å². The highest BCUT2D eigenvalue weighted by molar-refractivity contribution is 5.83.